The maximum atomic E-state index is 4.45. The Morgan fingerprint density at radius 3 is 2.85 bits per heavy atom. The van der Waals surface area contributed by atoms with E-state index in [0.29, 0.717) is 6.04 Å². The molecule has 1 N–H and O–H groups in total. The topological polar surface area (TPSA) is 29.9 Å². The molecule has 20 heavy (non-hydrogen) atoms. The van der Waals surface area contributed by atoms with Gasteiger partial charge < -0.3 is 5.32 Å². The average molecular weight is 271 g/mol. The van der Waals surface area contributed by atoms with E-state index in [9.17, 15) is 0 Å². The monoisotopic (exact) mass is 271 g/mol. The molecule has 3 heteroatoms. The van der Waals surface area contributed by atoms with Gasteiger partial charge in [-0.05, 0) is 37.4 Å². The van der Waals surface area contributed by atoms with E-state index in [1.807, 2.05) is 10.9 Å². The molecule has 0 fully saturated rings. The van der Waals surface area contributed by atoms with Crippen molar-refractivity contribution >= 4 is 0 Å². The van der Waals surface area contributed by atoms with Crippen LogP contribution in [-0.2, 0) is 13.0 Å². The Kier molecular flexibility index (Phi) is 5.36. The lowest BCUT2D eigenvalue weighted by molar-refractivity contribution is 0.570. The van der Waals surface area contributed by atoms with Crippen molar-refractivity contribution in [3.63, 3.8) is 0 Å². The van der Waals surface area contributed by atoms with Crippen molar-refractivity contribution in [3.8, 4) is 0 Å². The van der Waals surface area contributed by atoms with Crippen LogP contribution in [0.2, 0.25) is 0 Å². The molecule has 2 rings (SSSR count). The Bertz CT molecular complexity index is 529. The summed E-state index contributed by atoms with van der Waals surface area (Å²) in [5, 5.41) is 7.89. The van der Waals surface area contributed by atoms with Crippen LogP contribution in [0.15, 0.2) is 36.7 Å². The predicted octanol–water partition coefficient (Wildman–Crippen LogP) is 3.17. The van der Waals surface area contributed by atoms with Crippen LogP contribution >= 0.6 is 0 Å². The van der Waals surface area contributed by atoms with Crippen LogP contribution in [0, 0.1) is 6.92 Å². The number of nitrogens with zero attached hydrogens (tertiary/aromatic N) is 2. The summed E-state index contributed by atoms with van der Waals surface area (Å²) in [5.74, 6) is 0. The van der Waals surface area contributed by atoms with Gasteiger partial charge in [0.2, 0.25) is 0 Å². The fourth-order valence-corrected chi connectivity index (χ4v) is 2.30. The number of benzene rings is 1. The van der Waals surface area contributed by atoms with Crippen molar-refractivity contribution < 1.29 is 0 Å². The SMILES string of the molecule is Cc1cccc(Cn2cc(CCCNC(C)C)cn2)c1. The summed E-state index contributed by atoms with van der Waals surface area (Å²) < 4.78 is 2.03. The standard InChI is InChI=1S/C17H25N3/c1-14(2)18-9-5-8-17-11-19-20(13-17)12-16-7-4-6-15(3)10-16/h4,6-7,10-11,13-14,18H,5,8-9,12H2,1-3H3. The van der Waals surface area contributed by atoms with Gasteiger partial charge in [0.25, 0.3) is 0 Å². The Balaban J connectivity index is 1.83. The third-order valence-electron chi connectivity index (χ3n) is 3.31. The van der Waals surface area contributed by atoms with Gasteiger partial charge in [0.05, 0.1) is 12.7 Å². The van der Waals surface area contributed by atoms with E-state index in [0.717, 1.165) is 25.9 Å². The van der Waals surface area contributed by atoms with Crippen LogP contribution in [0.5, 0.6) is 0 Å². The van der Waals surface area contributed by atoms with E-state index < -0.39 is 0 Å². The summed E-state index contributed by atoms with van der Waals surface area (Å²) in [6, 6.07) is 9.17. The van der Waals surface area contributed by atoms with Crippen molar-refractivity contribution in [1.82, 2.24) is 15.1 Å². The zero-order valence-corrected chi connectivity index (χ0v) is 12.8. The predicted molar refractivity (Wildman–Crippen MR) is 84.0 cm³/mol. The number of rotatable bonds is 7. The first-order valence-corrected chi connectivity index (χ1v) is 7.44. The molecule has 0 spiro atoms. The highest BCUT2D eigenvalue weighted by molar-refractivity contribution is 5.22. The summed E-state index contributed by atoms with van der Waals surface area (Å²) in [5.41, 5.74) is 3.93. The van der Waals surface area contributed by atoms with Crippen molar-refractivity contribution in [1.29, 1.82) is 0 Å². The zero-order valence-electron chi connectivity index (χ0n) is 12.8. The normalized spacial score (nSPS) is 11.2. The Labute approximate surface area is 122 Å². The van der Waals surface area contributed by atoms with Crippen molar-refractivity contribution in [3.05, 3.63) is 53.3 Å². The number of aryl methyl sites for hydroxylation is 2. The average Bonchev–Trinajstić information content (AvgIpc) is 2.82. The van der Waals surface area contributed by atoms with E-state index in [2.05, 4.69) is 61.6 Å². The Morgan fingerprint density at radius 2 is 2.10 bits per heavy atom. The van der Waals surface area contributed by atoms with Gasteiger partial charge in [-0.2, -0.15) is 5.10 Å². The molecule has 1 aromatic heterocycles. The molecule has 0 unspecified atom stereocenters. The number of hydrogen-bond donors (Lipinski definition) is 1. The van der Waals surface area contributed by atoms with E-state index in [4.69, 9.17) is 0 Å². The Morgan fingerprint density at radius 1 is 1.25 bits per heavy atom. The van der Waals surface area contributed by atoms with Crippen LogP contribution in [-0.4, -0.2) is 22.4 Å². The lowest BCUT2D eigenvalue weighted by Crippen LogP contribution is -2.23. The van der Waals surface area contributed by atoms with E-state index in [-0.39, 0.29) is 0 Å². The molecule has 108 valence electrons. The van der Waals surface area contributed by atoms with Gasteiger partial charge in [-0.15, -0.1) is 0 Å². The highest BCUT2D eigenvalue weighted by Crippen LogP contribution is 2.08. The molecule has 0 radical (unpaired) electrons. The second-order valence-electron chi connectivity index (χ2n) is 5.75. The first-order chi connectivity index (χ1) is 9.63. The molecule has 3 nitrogen and oxygen atoms in total. The molecule has 0 aliphatic heterocycles. The molecule has 0 saturated heterocycles. The highest BCUT2D eigenvalue weighted by Gasteiger charge is 2.01. The van der Waals surface area contributed by atoms with Gasteiger partial charge in [0.1, 0.15) is 0 Å². The summed E-state index contributed by atoms with van der Waals surface area (Å²) in [6.07, 6.45) is 6.41. The minimum absolute atomic E-state index is 0.569. The number of hydrogen-bond acceptors (Lipinski definition) is 2. The molecule has 0 aliphatic carbocycles. The highest BCUT2D eigenvalue weighted by atomic mass is 15.3. The second kappa shape index (κ2) is 7.25. The van der Waals surface area contributed by atoms with Gasteiger partial charge in [-0.3, -0.25) is 4.68 Å². The summed E-state index contributed by atoms with van der Waals surface area (Å²) >= 11 is 0. The summed E-state index contributed by atoms with van der Waals surface area (Å²) in [4.78, 5) is 0. The van der Waals surface area contributed by atoms with Crippen molar-refractivity contribution in [2.24, 2.45) is 0 Å². The largest absolute Gasteiger partial charge is 0.315 e. The first-order valence-electron chi connectivity index (χ1n) is 7.44. The van der Waals surface area contributed by atoms with Gasteiger partial charge in [-0.1, -0.05) is 43.7 Å². The summed E-state index contributed by atoms with van der Waals surface area (Å²) in [7, 11) is 0. The number of nitrogens with one attached hydrogen (secondary N) is 1. The minimum Gasteiger partial charge on any atom is -0.315 e. The molecule has 1 heterocycles. The Hall–Kier alpha value is -1.61. The van der Waals surface area contributed by atoms with Crippen molar-refractivity contribution in [2.45, 2.75) is 46.2 Å². The molecule has 2 aromatic rings. The van der Waals surface area contributed by atoms with E-state index in [1.165, 1.54) is 16.7 Å². The molecule has 0 amide bonds. The van der Waals surface area contributed by atoms with Gasteiger partial charge in [0.15, 0.2) is 0 Å². The molecule has 0 atom stereocenters. The molecular formula is C17H25N3. The third-order valence-corrected chi connectivity index (χ3v) is 3.31. The summed E-state index contributed by atoms with van der Waals surface area (Å²) in [6.45, 7) is 8.41. The second-order valence-corrected chi connectivity index (χ2v) is 5.75. The maximum absolute atomic E-state index is 4.45. The van der Waals surface area contributed by atoms with Gasteiger partial charge in [0, 0.05) is 12.2 Å². The van der Waals surface area contributed by atoms with Gasteiger partial charge >= 0.3 is 0 Å². The van der Waals surface area contributed by atoms with Crippen LogP contribution < -0.4 is 5.32 Å². The molecule has 0 bridgehead atoms. The fourth-order valence-electron chi connectivity index (χ4n) is 2.30. The molecular weight excluding hydrogens is 246 g/mol. The quantitative estimate of drug-likeness (QED) is 0.784. The van der Waals surface area contributed by atoms with Crippen LogP contribution in [0.4, 0.5) is 0 Å². The van der Waals surface area contributed by atoms with Gasteiger partial charge in [-0.25, -0.2) is 0 Å². The first kappa shape index (κ1) is 14.8. The number of aromatic nitrogens is 2. The molecule has 1 aromatic carbocycles. The maximum Gasteiger partial charge on any atom is 0.0659 e. The van der Waals surface area contributed by atoms with Crippen molar-refractivity contribution in [2.75, 3.05) is 6.54 Å². The minimum atomic E-state index is 0.569. The zero-order chi connectivity index (χ0) is 14.4. The smallest absolute Gasteiger partial charge is 0.0659 e. The lowest BCUT2D eigenvalue weighted by Gasteiger charge is -2.06. The third kappa shape index (κ3) is 4.82. The van der Waals surface area contributed by atoms with Crippen LogP contribution in [0.25, 0.3) is 0 Å². The fraction of sp³-hybridized carbons (Fsp3) is 0.471. The van der Waals surface area contributed by atoms with Crippen LogP contribution in [0.1, 0.15) is 37.0 Å². The molecule has 0 aliphatic rings. The molecule has 0 saturated carbocycles. The van der Waals surface area contributed by atoms with E-state index >= 15 is 0 Å². The van der Waals surface area contributed by atoms with Crippen LogP contribution in [0.3, 0.4) is 0 Å². The van der Waals surface area contributed by atoms with E-state index in [1.54, 1.807) is 0 Å². The lowest BCUT2D eigenvalue weighted by atomic mass is 10.1.